The summed E-state index contributed by atoms with van der Waals surface area (Å²) in [6.07, 6.45) is 3.90. The largest absolute Gasteiger partial charge is 0.326 e. The second-order valence-electron chi connectivity index (χ2n) is 7.92. The highest BCUT2D eigenvalue weighted by molar-refractivity contribution is 5.84. The standard InChI is InChI=1S/C26H31N3/c1-6-23(27-5)18-20(3)16-17-29(24-13-10-19(2)11-14-24)25-15-12-22-9-7-8-21(4)26(22)28-25/h6-15,20,23H,1,5,16-18H2,2-4H3. The zero-order valence-electron chi connectivity index (χ0n) is 17.8. The zero-order chi connectivity index (χ0) is 20.8. The summed E-state index contributed by atoms with van der Waals surface area (Å²) in [5, 5.41) is 1.18. The van der Waals surface area contributed by atoms with Crippen molar-refractivity contribution in [2.45, 2.75) is 39.7 Å². The lowest BCUT2D eigenvalue weighted by Crippen LogP contribution is -2.22. The molecule has 2 unspecified atom stereocenters. The van der Waals surface area contributed by atoms with Gasteiger partial charge in [0.1, 0.15) is 5.82 Å². The van der Waals surface area contributed by atoms with E-state index in [0.29, 0.717) is 5.92 Å². The van der Waals surface area contributed by atoms with E-state index in [0.717, 1.165) is 30.7 Å². The molecule has 29 heavy (non-hydrogen) atoms. The molecule has 0 amide bonds. The van der Waals surface area contributed by atoms with Crippen molar-refractivity contribution in [3.63, 3.8) is 0 Å². The predicted octanol–water partition coefficient (Wildman–Crippen LogP) is 6.66. The molecule has 0 fully saturated rings. The number of aryl methyl sites for hydroxylation is 2. The van der Waals surface area contributed by atoms with E-state index in [1.807, 2.05) is 6.08 Å². The lowest BCUT2D eigenvalue weighted by Gasteiger charge is -2.26. The Hall–Kier alpha value is -2.94. The molecule has 0 aliphatic carbocycles. The van der Waals surface area contributed by atoms with E-state index < -0.39 is 0 Å². The molecule has 0 spiro atoms. The molecular formula is C26H31N3. The smallest absolute Gasteiger partial charge is 0.133 e. The fourth-order valence-electron chi connectivity index (χ4n) is 3.66. The van der Waals surface area contributed by atoms with Crippen LogP contribution in [0.1, 0.15) is 30.9 Å². The number of pyridine rings is 1. The average molecular weight is 386 g/mol. The Morgan fingerprint density at radius 1 is 1.07 bits per heavy atom. The summed E-state index contributed by atoms with van der Waals surface area (Å²) in [6, 6.07) is 19.4. The minimum absolute atomic E-state index is 0.124. The molecule has 0 aliphatic rings. The van der Waals surface area contributed by atoms with Crippen molar-refractivity contribution in [3.05, 3.63) is 78.4 Å². The molecule has 2 aromatic carbocycles. The van der Waals surface area contributed by atoms with Crippen LogP contribution in [0.15, 0.2) is 72.2 Å². The fraction of sp³-hybridized carbons (Fsp3) is 0.308. The highest BCUT2D eigenvalue weighted by Crippen LogP contribution is 2.28. The molecule has 3 nitrogen and oxygen atoms in total. The van der Waals surface area contributed by atoms with E-state index in [1.165, 1.54) is 22.2 Å². The Labute approximate surface area is 174 Å². The van der Waals surface area contributed by atoms with Crippen molar-refractivity contribution >= 4 is 29.1 Å². The minimum Gasteiger partial charge on any atom is -0.326 e. The van der Waals surface area contributed by atoms with Crippen molar-refractivity contribution in [2.24, 2.45) is 10.9 Å². The molecule has 2 atom stereocenters. The van der Waals surface area contributed by atoms with Gasteiger partial charge in [-0.1, -0.05) is 48.9 Å². The van der Waals surface area contributed by atoms with Crippen molar-refractivity contribution in [3.8, 4) is 0 Å². The van der Waals surface area contributed by atoms with Gasteiger partial charge in [-0.15, -0.1) is 6.58 Å². The van der Waals surface area contributed by atoms with Crippen molar-refractivity contribution < 1.29 is 0 Å². The van der Waals surface area contributed by atoms with Crippen LogP contribution in [0.4, 0.5) is 11.5 Å². The van der Waals surface area contributed by atoms with Crippen LogP contribution < -0.4 is 4.90 Å². The van der Waals surface area contributed by atoms with Crippen LogP contribution in [-0.2, 0) is 0 Å². The van der Waals surface area contributed by atoms with Crippen molar-refractivity contribution in [2.75, 3.05) is 11.4 Å². The lowest BCUT2D eigenvalue weighted by atomic mass is 9.98. The molecule has 3 rings (SSSR count). The Bertz CT molecular complexity index is 967. The Kier molecular flexibility index (Phi) is 6.82. The van der Waals surface area contributed by atoms with E-state index in [9.17, 15) is 0 Å². The maximum atomic E-state index is 5.03. The number of benzene rings is 2. The number of fused-ring (bicyclic) bond motifs is 1. The van der Waals surface area contributed by atoms with Gasteiger partial charge >= 0.3 is 0 Å². The molecule has 0 radical (unpaired) electrons. The number of anilines is 2. The molecule has 0 saturated carbocycles. The van der Waals surface area contributed by atoms with Crippen molar-refractivity contribution in [1.29, 1.82) is 0 Å². The number of aromatic nitrogens is 1. The van der Waals surface area contributed by atoms with E-state index in [4.69, 9.17) is 4.98 Å². The van der Waals surface area contributed by atoms with Gasteiger partial charge in [0.25, 0.3) is 0 Å². The number of hydrogen-bond acceptors (Lipinski definition) is 3. The lowest BCUT2D eigenvalue weighted by molar-refractivity contribution is 0.475. The third-order valence-corrected chi connectivity index (χ3v) is 5.53. The van der Waals surface area contributed by atoms with Gasteiger partial charge in [-0.3, -0.25) is 4.99 Å². The minimum atomic E-state index is 0.124. The summed E-state index contributed by atoms with van der Waals surface area (Å²) < 4.78 is 0. The Morgan fingerprint density at radius 2 is 1.83 bits per heavy atom. The highest BCUT2D eigenvalue weighted by atomic mass is 15.2. The summed E-state index contributed by atoms with van der Waals surface area (Å²) in [5.74, 6) is 1.50. The molecule has 150 valence electrons. The molecule has 3 aromatic rings. The summed E-state index contributed by atoms with van der Waals surface area (Å²) in [7, 11) is 0. The molecule has 0 aliphatic heterocycles. The number of rotatable bonds is 9. The Morgan fingerprint density at radius 3 is 2.52 bits per heavy atom. The van der Waals surface area contributed by atoms with E-state index >= 15 is 0 Å². The van der Waals surface area contributed by atoms with Crippen LogP contribution in [0.25, 0.3) is 10.9 Å². The zero-order valence-corrected chi connectivity index (χ0v) is 17.8. The average Bonchev–Trinajstić information content (AvgIpc) is 2.74. The number of para-hydroxylation sites is 1. The molecule has 0 bridgehead atoms. The highest BCUT2D eigenvalue weighted by Gasteiger charge is 2.15. The van der Waals surface area contributed by atoms with E-state index in [2.05, 4.69) is 98.6 Å². The Balaban J connectivity index is 1.89. The van der Waals surface area contributed by atoms with Gasteiger partial charge in [-0.25, -0.2) is 4.98 Å². The number of nitrogens with zero attached hydrogens (tertiary/aromatic N) is 3. The fourth-order valence-corrected chi connectivity index (χ4v) is 3.66. The second kappa shape index (κ2) is 9.51. The first kappa shape index (κ1) is 20.8. The summed E-state index contributed by atoms with van der Waals surface area (Å²) in [5.41, 5.74) is 4.70. The predicted molar refractivity (Wildman–Crippen MR) is 127 cm³/mol. The van der Waals surface area contributed by atoms with Gasteiger partial charge < -0.3 is 4.90 Å². The second-order valence-corrected chi connectivity index (χ2v) is 7.92. The van der Waals surface area contributed by atoms with Gasteiger partial charge in [0, 0.05) is 17.6 Å². The molecule has 0 N–H and O–H groups in total. The van der Waals surface area contributed by atoms with Crippen LogP contribution in [0.2, 0.25) is 0 Å². The van der Waals surface area contributed by atoms with Crippen LogP contribution in [0.3, 0.4) is 0 Å². The van der Waals surface area contributed by atoms with Gasteiger partial charge in [0.2, 0.25) is 0 Å². The SMILES string of the molecule is C=CC(CC(C)CCN(c1ccc(C)cc1)c1ccc2cccc(C)c2n1)N=C. The van der Waals surface area contributed by atoms with Gasteiger partial charge in [0.05, 0.1) is 11.6 Å². The quantitative estimate of drug-likeness (QED) is 0.304. The third kappa shape index (κ3) is 5.11. The van der Waals surface area contributed by atoms with Crippen LogP contribution in [0.5, 0.6) is 0 Å². The molecule has 0 saturated heterocycles. The first-order valence-electron chi connectivity index (χ1n) is 10.3. The van der Waals surface area contributed by atoms with Crippen molar-refractivity contribution in [1.82, 2.24) is 4.98 Å². The maximum absolute atomic E-state index is 5.03. The van der Waals surface area contributed by atoms with Crippen LogP contribution in [0, 0.1) is 19.8 Å². The van der Waals surface area contributed by atoms with Crippen LogP contribution >= 0.6 is 0 Å². The number of aliphatic imine (C=N–C) groups is 1. The van der Waals surface area contributed by atoms with E-state index in [-0.39, 0.29) is 6.04 Å². The molecule has 1 aromatic heterocycles. The van der Waals surface area contributed by atoms with Gasteiger partial charge in [0.15, 0.2) is 0 Å². The van der Waals surface area contributed by atoms with Gasteiger partial charge in [-0.05, 0) is 69.2 Å². The molecule has 3 heteroatoms. The summed E-state index contributed by atoms with van der Waals surface area (Å²) in [4.78, 5) is 11.5. The first-order valence-corrected chi connectivity index (χ1v) is 10.3. The molecular weight excluding hydrogens is 354 g/mol. The normalized spacial score (nSPS) is 13.1. The van der Waals surface area contributed by atoms with E-state index in [1.54, 1.807) is 0 Å². The first-order chi connectivity index (χ1) is 14.0. The van der Waals surface area contributed by atoms with Gasteiger partial charge in [-0.2, -0.15) is 0 Å². The monoisotopic (exact) mass is 385 g/mol. The third-order valence-electron chi connectivity index (χ3n) is 5.53. The molecule has 1 heterocycles. The summed E-state index contributed by atoms with van der Waals surface area (Å²) in [6.45, 7) is 15.0. The topological polar surface area (TPSA) is 28.5 Å². The van der Waals surface area contributed by atoms with Crippen LogP contribution in [-0.4, -0.2) is 24.3 Å². The number of hydrogen-bond donors (Lipinski definition) is 0. The maximum Gasteiger partial charge on any atom is 0.133 e. The summed E-state index contributed by atoms with van der Waals surface area (Å²) >= 11 is 0.